The lowest BCUT2D eigenvalue weighted by molar-refractivity contribution is 0.0180. The molecule has 1 aromatic rings. The maximum absolute atomic E-state index is 12.3. The van der Waals surface area contributed by atoms with E-state index in [4.69, 9.17) is 15.2 Å². The molecule has 0 aliphatic carbocycles. The number of nitrogens with two attached hydrogens (primary N) is 1. The molecule has 23 heavy (non-hydrogen) atoms. The number of amides is 1. The maximum Gasteiger partial charge on any atom is 0.410 e. The standard InChI is InChI=1S/C18H28N2O3/c1-5-22-16-8-6-13(7-9-16)14-10-15(19)12-20(11-14)17(21)23-18(2,3)4/h6-9,14-15H,5,10-12,19H2,1-4H3. The zero-order valence-electron chi connectivity index (χ0n) is 14.5. The van der Waals surface area contributed by atoms with E-state index in [9.17, 15) is 4.79 Å². The minimum atomic E-state index is -0.493. The van der Waals surface area contributed by atoms with Gasteiger partial charge in [0.1, 0.15) is 11.4 Å². The summed E-state index contributed by atoms with van der Waals surface area (Å²) in [6.45, 7) is 9.42. The van der Waals surface area contributed by atoms with Crippen molar-refractivity contribution in [1.29, 1.82) is 0 Å². The van der Waals surface area contributed by atoms with Gasteiger partial charge in [0.25, 0.3) is 0 Å². The van der Waals surface area contributed by atoms with Crippen LogP contribution < -0.4 is 10.5 Å². The molecule has 1 heterocycles. The molecular formula is C18H28N2O3. The van der Waals surface area contributed by atoms with Gasteiger partial charge in [0.2, 0.25) is 0 Å². The van der Waals surface area contributed by atoms with Gasteiger partial charge in [-0.2, -0.15) is 0 Å². The normalized spacial score (nSPS) is 21.9. The van der Waals surface area contributed by atoms with Crippen molar-refractivity contribution >= 4 is 6.09 Å². The number of hydrogen-bond donors (Lipinski definition) is 1. The highest BCUT2D eigenvalue weighted by atomic mass is 16.6. The fourth-order valence-corrected chi connectivity index (χ4v) is 2.86. The maximum atomic E-state index is 12.3. The Hall–Kier alpha value is -1.75. The van der Waals surface area contributed by atoms with E-state index in [0.717, 1.165) is 12.2 Å². The van der Waals surface area contributed by atoms with Crippen LogP contribution in [0.15, 0.2) is 24.3 Å². The monoisotopic (exact) mass is 320 g/mol. The predicted molar refractivity (Wildman–Crippen MR) is 90.8 cm³/mol. The first-order valence-corrected chi connectivity index (χ1v) is 8.24. The molecule has 0 radical (unpaired) electrons. The number of rotatable bonds is 3. The van der Waals surface area contributed by atoms with Crippen molar-refractivity contribution < 1.29 is 14.3 Å². The summed E-state index contributed by atoms with van der Waals surface area (Å²) in [5.41, 5.74) is 6.84. The van der Waals surface area contributed by atoms with Gasteiger partial charge in [0, 0.05) is 25.0 Å². The molecule has 2 rings (SSSR count). The number of hydrogen-bond acceptors (Lipinski definition) is 4. The molecule has 1 fully saturated rings. The van der Waals surface area contributed by atoms with Gasteiger partial charge in [-0.3, -0.25) is 0 Å². The van der Waals surface area contributed by atoms with Crippen LogP contribution in [0.25, 0.3) is 0 Å². The van der Waals surface area contributed by atoms with Crippen LogP contribution in [0.2, 0.25) is 0 Å². The average Bonchev–Trinajstić information content (AvgIpc) is 2.46. The van der Waals surface area contributed by atoms with Crippen molar-refractivity contribution in [1.82, 2.24) is 4.90 Å². The summed E-state index contributed by atoms with van der Waals surface area (Å²) in [6, 6.07) is 8.02. The molecule has 1 aliphatic rings. The molecule has 0 saturated carbocycles. The van der Waals surface area contributed by atoms with Crippen molar-refractivity contribution in [2.45, 2.75) is 51.7 Å². The molecule has 0 bridgehead atoms. The molecule has 0 spiro atoms. The summed E-state index contributed by atoms with van der Waals surface area (Å²) in [6.07, 6.45) is 0.580. The van der Waals surface area contributed by atoms with Crippen LogP contribution in [-0.4, -0.2) is 42.3 Å². The van der Waals surface area contributed by atoms with E-state index in [1.807, 2.05) is 39.8 Å². The number of nitrogens with zero attached hydrogens (tertiary/aromatic N) is 1. The van der Waals surface area contributed by atoms with Gasteiger partial charge in [-0.15, -0.1) is 0 Å². The Bertz CT molecular complexity index is 522. The molecule has 0 aromatic heterocycles. The highest BCUT2D eigenvalue weighted by molar-refractivity contribution is 5.68. The fourth-order valence-electron chi connectivity index (χ4n) is 2.86. The molecule has 5 heteroatoms. The van der Waals surface area contributed by atoms with Crippen LogP contribution in [0.4, 0.5) is 4.79 Å². The lowest BCUT2D eigenvalue weighted by atomic mass is 9.88. The zero-order chi connectivity index (χ0) is 17.0. The van der Waals surface area contributed by atoms with Gasteiger partial charge in [0.05, 0.1) is 6.61 Å². The van der Waals surface area contributed by atoms with Crippen LogP contribution >= 0.6 is 0 Å². The largest absolute Gasteiger partial charge is 0.494 e. The Labute approximate surface area is 138 Å². The summed E-state index contributed by atoms with van der Waals surface area (Å²) in [5.74, 6) is 1.09. The Balaban J connectivity index is 2.06. The third-order valence-corrected chi connectivity index (χ3v) is 3.80. The summed E-state index contributed by atoms with van der Waals surface area (Å²) < 4.78 is 10.9. The number of carbonyl (C=O) groups excluding carboxylic acids is 1. The van der Waals surface area contributed by atoms with Gasteiger partial charge in [-0.05, 0) is 51.8 Å². The summed E-state index contributed by atoms with van der Waals surface area (Å²) >= 11 is 0. The van der Waals surface area contributed by atoms with E-state index in [-0.39, 0.29) is 18.1 Å². The number of piperidine rings is 1. The first-order chi connectivity index (χ1) is 10.8. The SMILES string of the molecule is CCOc1ccc(C2CC(N)CN(C(=O)OC(C)(C)C)C2)cc1. The third kappa shape index (κ3) is 5.13. The van der Waals surface area contributed by atoms with Crippen molar-refractivity contribution in [2.24, 2.45) is 5.73 Å². The molecule has 1 amide bonds. The van der Waals surface area contributed by atoms with E-state index in [1.165, 1.54) is 5.56 Å². The van der Waals surface area contributed by atoms with Gasteiger partial charge in [-0.25, -0.2) is 4.79 Å². The van der Waals surface area contributed by atoms with Crippen LogP contribution in [0.3, 0.4) is 0 Å². The molecular weight excluding hydrogens is 292 g/mol. The number of carbonyl (C=O) groups is 1. The quantitative estimate of drug-likeness (QED) is 0.929. The highest BCUT2D eigenvalue weighted by Crippen LogP contribution is 2.28. The van der Waals surface area contributed by atoms with E-state index >= 15 is 0 Å². The average molecular weight is 320 g/mol. The molecule has 1 aliphatic heterocycles. The van der Waals surface area contributed by atoms with Gasteiger partial charge in [0.15, 0.2) is 0 Å². The summed E-state index contributed by atoms with van der Waals surface area (Å²) in [5, 5.41) is 0. The molecule has 1 aromatic carbocycles. The van der Waals surface area contributed by atoms with Crippen molar-refractivity contribution in [3.05, 3.63) is 29.8 Å². The van der Waals surface area contributed by atoms with Gasteiger partial charge >= 0.3 is 6.09 Å². The van der Waals surface area contributed by atoms with E-state index < -0.39 is 5.60 Å². The Morgan fingerprint density at radius 3 is 2.48 bits per heavy atom. The van der Waals surface area contributed by atoms with Crippen molar-refractivity contribution in [2.75, 3.05) is 19.7 Å². The molecule has 2 atom stereocenters. The Kier molecular flexibility index (Phi) is 5.52. The molecule has 5 nitrogen and oxygen atoms in total. The second-order valence-electron chi connectivity index (χ2n) is 7.08. The lowest BCUT2D eigenvalue weighted by Crippen LogP contribution is -2.50. The van der Waals surface area contributed by atoms with E-state index in [2.05, 4.69) is 12.1 Å². The third-order valence-electron chi connectivity index (χ3n) is 3.80. The van der Waals surface area contributed by atoms with Crippen LogP contribution in [0, 0.1) is 0 Å². The number of ether oxygens (including phenoxy) is 2. The lowest BCUT2D eigenvalue weighted by Gasteiger charge is -2.37. The van der Waals surface area contributed by atoms with E-state index in [1.54, 1.807) is 4.90 Å². The smallest absolute Gasteiger partial charge is 0.410 e. The molecule has 128 valence electrons. The fraction of sp³-hybridized carbons (Fsp3) is 0.611. The second kappa shape index (κ2) is 7.21. The number of likely N-dealkylation sites (tertiary alicyclic amines) is 1. The number of benzene rings is 1. The Morgan fingerprint density at radius 2 is 1.91 bits per heavy atom. The first-order valence-electron chi connectivity index (χ1n) is 8.24. The minimum Gasteiger partial charge on any atom is -0.494 e. The predicted octanol–water partition coefficient (Wildman–Crippen LogP) is 3.14. The first kappa shape index (κ1) is 17.6. The van der Waals surface area contributed by atoms with Crippen LogP contribution in [-0.2, 0) is 4.74 Å². The summed E-state index contributed by atoms with van der Waals surface area (Å²) in [7, 11) is 0. The van der Waals surface area contributed by atoms with Crippen molar-refractivity contribution in [3.8, 4) is 5.75 Å². The molecule has 1 saturated heterocycles. The Morgan fingerprint density at radius 1 is 1.26 bits per heavy atom. The van der Waals surface area contributed by atoms with Crippen LogP contribution in [0.5, 0.6) is 5.75 Å². The zero-order valence-corrected chi connectivity index (χ0v) is 14.5. The second-order valence-corrected chi connectivity index (χ2v) is 7.08. The van der Waals surface area contributed by atoms with Gasteiger partial charge < -0.3 is 20.1 Å². The highest BCUT2D eigenvalue weighted by Gasteiger charge is 2.31. The molecule has 2 N–H and O–H groups in total. The minimum absolute atomic E-state index is 0.0344. The van der Waals surface area contributed by atoms with E-state index in [0.29, 0.717) is 19.7 Å². The molecule has 2 unspecified atom stereocenters. The van der Waals surface area contributed by atoms with Crippen LogP contribution in [0.1, 0.15) is 45.6 Å². The van der Waals surface area contributed by atoms with Gasteiger partial charge in [-0.1, -0.05) is 12.1 Å². The topological polar surface area (TPSA) is 64.8 Å². The summed E-state index contributed by atoms with van der Waals surface area (Å²) in [4.78, 5) is 14.0. The van der Waals surface area contributed by atoms with Crippen molar-refractivity contribution in [3.63, 3.8) is 0 Å².